The first kappa shape index (κ1) is 13.5. The Morgan fingerprint density at radius 3 is 2.75 bits per heavy atom. The lowest BCUT2D eigenvalue weighted by atomic mass is 10.0. The smallest absolute Gasteiger partial charge is 0.220 e. The van der Waals surface area contributed by atoms with Crippen molar-refractivity contribution < 1.29 is 4.79 Å². The standard InChI is InChI=1S/C13H26N2O/c1-11(10-14)6-7-13(16)15-9-8-12-4-2-3-5-12/h11-12H,2-10,14H2,1H3,(H,15,16). The predicted molar refractivity (Wildman–Crippen MR) is 67.0 cm³/mol. The molecule has 0 heterocycles. The number of nitrogens with one attached hydrogen (secondary N) is 1. The molecule has 0 aromatic heterocycles. The van der Waals surface area contributed by atoms with E-state index in [0.717, 1.165) is 25.3 Å². The fraction of sp³-hybridized carbons (Fsp3) is 0.923. The van der Waals surface area contributed by atoms with Crippen molar-refractivity contribution in [3.8, 4) is 0 Å². The second kappa shape index (κ2) is 7.66. The summed E-state index contributed by atoms with van der Waals surface area (Å²) >= 11 is 0. The highest BCUT2D eigenvalue weighted by atomic mass is 16.1. The van der Waals surface area contributed by atoms with Gasteiger partial charge < -0.3 is 11.1 Å². The molecule has 1 atom stereocenters. The summed E-state index contributed by atoms with van der Waals surface area (Å²) in [5.74, 6) is 1.52. The second-order valence-corrected chi connectivity index (χ2v) is 5.17. The molecule has 0 bridgehead atoms. The van der Waals surface area contributed by atoms with Crippen molar-refractivity contribution in [3.05, 3.63) is 0 Å². The Hall–Kier alpha value is -0.570. The molecule has 0 aliphatic heterocycles. The molecule has 1 fully saturated rings. The normalized spacial score (nSPS) is 18.6. The minimum absolute atomic E-state index is 0.193. The van der Waals surface area contributed by atoms with Gasteiger partial charge in [0.05, 0.1) is 0 Å². The highest BCUT2D eigenvalue weighted by Crippen LogP contribution is 2.26. The van der Waals surface area contributed by atoms with Crippen LogP contribution in [0.1, 0.15) is 51.9 Å². The van der Waals surface area contributed by atoms with Crippen molar-refractivity contribution in [1.82, 2.24) is 5.32 Å². The zero-order chi connectivity index (χ0) is 11.8. The molecule has 1 aliphatic carbocycles. The van der Waals surface area contributed by atoms with Crippen LogP contribution < -0.4 is 11.1 Å². The fourth-order valence-corrected chi connectivity index (χ4v) is 2.30. The zero-order valence-corrected chi connectivity index (χ0v) is 10.5. The van der Waals surface area contributed by atoms with Gasteiger partial charge in [-0.05, 0) is 31.2 Å². The average Bonchev–Trinajstić information content (AvgIpc) is 2.79. The van der Waals surface area contributed by atoms with Gasteiger partial charge >= 0.3 is 0 Å². The number of rotatable bonds is 7. The predicted octanol–water partition coefficient (Wildman–Crippen LogP) is 2.06. The van der Waals surface area contributed by atoms with Crippen LogP contribution in [0, 0.1) is 11.8 Å². The van der Waals surface area contributed by atoms with Crippen LogP contribution in [0.15, 0.2) is 0 Å². The fourth-order valence-electron chi connectivity index (χ4n) is 2.30. The lowest BCUT2D eigenvalue weighted by Crippen LogP contribution is -2.26. The van der Waals surface area contributed by atoms with Crippen molar-refractivity contribution in [1.29, 1.82) is 0 Å². The molecule has 1 amide bonds. The summed E-state index contributed by atoms with van der Waals surface area (Å²) in [6.45, 7) is 3.63. The molecule has 3 nitrogen and oxygen atoms in total. The number of hydrogen-bond acceptors (Lipinski definition) is 2. The van der Waals surface area contributed by atoms with Crippen molar-refractivity contribution >= 4 is 5.91 Å². The van der Waals surface area contributed by atoms with Gasteiger partial charge in [-0.1, -0.05) is 32.6 Å². The molecule has 1 rings (SSSR count). The Bertz CT molecular complexity index is 200. The summed E-state index contributed by atoms with van der Waals surface area (Å²) in [7, 11) is 0. The van der Waals surface area contributed by atoms with Gasteiger partial charge in [-0.2, -0.15) is 0 Å². The van der Waals surface area contributed by atoms with Gasteiger partial charge in [0.1, 0.15) is 0 Å². The van der Waals surface area contributed by atoms with Crippen LogP contribution >= 0.6 is 0 Å². The maximum atomic E-state index is 11.5. The topological polar surface area (TPSA) is 55.1 Å². The van der Waals surface area contributed by atoms with E-state index in [1.54, 1.807) is 0 Å². The summed E-state index contributed by atoms with van der Waals surface area (Å²) in [6.07, 6.45) is 8.19. The molecular weight excluding hydrogens is 200 g/mol. The Labute approximate surface area is 99.2 Å². The van der Waals surface area contributed by atoms with Crippen LogP contribution in [-0.2, 0) is 4.79 Å². The van der Waals surface area contributed by atoms with E-state index in [0.29, 0.717) is 18.9 Å². The third-order valence-electron chi connectivity index (χ3n) is 3.62. The number of amides is 1. The molecule has 3 N–H and O–H groups in total. The van der Waals surface area contributed by atoms with E-state index in [9.17, 15) is 4.79 Å². The SMILES string of the molecule is CC(CN)CCC(=O)NCCC1CCCC1. The van der Waals surface area contributed by atoms with Gasteiger partial charge in [0, 0.05) is 13.0 Å². The van der Waals surface area contributed by atoms with Gasteiger partial charge in [0.25, 0.3) is 0 Å². The largest absolute Gasteiger partial charge is 0.356 e. The molecular formula is C13H26N2O. The number of hydrogen-bond donors (Lipinski definition) is 2. The average molecular weight is 226 g/mol. The van der Waals surface area contributed by atoms with Crippen LogP contribution in [-0.4, -0.2) is 19.0 Å². The molecule has 0 spiro atoms. The van der Waals surface area contributed by atoms with Crippen LogP contribution in [0.25, 0.3) is 0 Å². The third-order valence-corrected chi connectivity index (χ3v) is 3.62. The minimum atomic E-state index is 0.193. The van der Waals surface area contributed by atoms with Gasteiger partial charge in [-0.3, -0.25) is 4.79 Å². The summed E-state index contributed by atoms with van der Waals surface area (Å²) < 4.78 is 0. The Kier molecular flexibility index (Phi) is 6.46. The molecule has 1 aliphatic rings. The number of carbonyl (C=O) groups excluding carboxylic acids is 1. The third kappa shape index (κ3) is 5.50. The summed E-state index contributed by atoms with van der Waals surface area (Å²) in [5, 5.41) is 3.01. The van der Waals surface area contributed by atoms with E-state index >= 15 is 0 Å². The maximum Gasteiger partial charge on any atom is 0.220 e. The highest BCUT2D eigenvalue weighted by molar-refractivity contribution is 5.75. The van der Waals surface area contributed by atoms with Crippen LogP contribution in [0.5, 0.6) is 0 Å². The summed E-state index contributed by atoms with van der Waals surface area (Å²) in [6, 6.07) is 0. The summed E-state index contributed by atoms with van der Waals surface area (Å²) in [5.41, 5.74) is 5.51. The molecule has 94 valence electrons. The molecule has 0 aromatic carbocycles. The first-order chi connectivity index (χ1) is 7.72. The van der Waals surface area contributed by atoms with E-state index in [-0.39, 0.29) is 5.91 Å². The molecule has 0 saturated heterocycles. The zero-order valence-electron chi connectivity index (χ0n) is 10.5. The minimum Gasteiger partial charge on any atom is -0.356 e. The van der Waals surface area contributed by atoms with Crippen LogP contribution in [0.3, 0.4) is 0 Å². The van der Waals surface area contributed by atoms with Crippen LogP contribution in [0.4, 0.5) is 0 Å². The molecule has 1 saturated carbocycles. The number of nitrogens with two attached hydrogens (primary N) is 1. The van der Waals surface area contributed by atoms with Gasteiger partial charge in [0.2, 0.25) is 5.91 Å². The Morgan fingerprint density at radius 2 is 2.12 bits per heavy atom. The van der Waals surface area contributed by atoms with E-state index in [1.807, 2.05) is 0 Å². The first-order valence-corrected chi connectivity index (χ1v) is 6.69. The Balaban J connectivity index is 1.97. The lowest BCUT2D eigenvalue weighted by molar-refractivity contribution is -0.121. The maximum absolute atomic E-state index is 11.5. The van der Waals surface area contributed by atoms with Gasteiger partial charge in [-0.25, -0.2) is 0 Å². The van der Waals surface area contributed by atoms with E-state index < -0.39 is 0 Å². The van der Waals surface area contributed by atoms with Crippen molar-refractivity contribution in [2.75, 3.05) is 13.1 Å². The second-order valence-electron chi connectivity index (χ2n) is 5.17. The summed E-state index contributed by atoms with van der Waals surface area (Å²) in [4.78, 5) is 11.5. The molecule has 1 unspecified atom stereocenters. The molecule has 0 radical (unpaired) electrons. The van der Waals surface area contributed by atoms with Crippen LogP contribution in [0.2, 0.25) is 0 Å². The Morgan fingerprint density at radius 1 is 1.44 bits per heavy atom. The lowest BCUT2D eigenvalue weighted by Gasteiger charge is -2.11. The first-order valence-electron chi connectivity index (χ1n) is 6.69. The van der Waals surface area contributed by atoms with E-state index in [4.69, 9.17) is 5.73 Å². The van der Waals surface area contributed by atoms with Gasteiger partial charge in [-0.15, -0.1) is 0 Å². The number of carbonyl (C=O) groups is 1. The van der Waals surface area contributed by atoms with E-state index in [1.165, 1.54) is 25.7 Å². The van der Waals surface area contributed by atoms with E-state index in [2.05, 4.69) is 12.2 Å². The quantitative estimate of drug-likeness (QED) is 0.698. The molecule has 16 heavy (non-hydrogen) atoms. The van der Waals surface area contributed by atoms with Crippen molar-refractivity contribution in [2.45, 2.75) is 51.9 Å². The molecule has 3 heteroatoms. The molecule has 0 aromatic rings. The van der Waals surface area contributed by atoms with Gasteiger partial charge in [0.15, 0.2) is 0 Å². The monoisotopic (exact) mass is 226 g/mol. The van der Waals surface area contributed by atoms with Crippen molar-refractivity contribution in [2.24, 2.45) is 17.6 Å². The highest BCUT2D eigenvalue weighted by Gasteiger charge is 2.14. The van der Waals surface area contributed by atoms with Crippen molar-refractivity contribution in [3.63, 3.8) is 0 Å².